The monoisotopic (exact) mass is 997 g/mol. The molecule has 0 unspecified atom stereocenters. The van der Waals surface area contributed by atoms with Gasteiger partial charge >= 0.3 is 0 Å². The first kappa shape index (κ1) is 53.8. The molecule has 5 N–H and O–H groups in total. The van der Waals surface area contributed by atoms with Gasteiger partial charge in [-0.25, -0.2) is 4.98 Å². The zero-order valence-corrected chi connectivity index (χ0v) is 43.3. The van der Waals surface area contributed by atoms with Gasteiger partial charge in [0.2, 0.25) is 17.7 Å². The molecule has 6 rings (SSSR count). The van der Waals surface area contributed by atoms with E-state index in [0.29, 0.717) is 53.8 Å². The van der Waals surface area contributed by atoms with Gasteiger partial charge in [-0.1, -0.05) is 84.3 Å². The molecule has 17 heteroatoms. The molecule has 1 saturated carbocycles. The number of nitrogens with zero attached hydrogens (tertiary/aromatic N) is 3. The molecule has 1 saturated heterocycles. The number of benzene rings is 3. The maximum absolute atomic E-state index is 14.2. The van der Waals surface area contributed by atoms with Crippen LogP contribution >= 0.6 is 22.9 Å². The lowest BCUT2D eigenvalue weighted by molar-refractivity contribution is -0.164. The van der Waals surface area contributed by atoms with Gasteiger partial charge in [-0.3, -0.25) is 19.2 Å². The number of aliphatic hydroxyl groups is 1. The highest BCUT2D eigenvalue weighted by molar-refractivity contribution is 7.13. The Labute approximate surface area is 421 Å². The molecule has 1 aliphatic heterocycles. The summed E-state index contributed by atoms with van der Waals surface area (Å²) in [5.74, 6) is -0.260. The number of ether oxygens (including phenoxy) is 3. The Morgan fingerprint density at radius 3 is 2.24 bits per heavy atom. The van der Waals surface area contributed by atoms with Crippen LogP contribution in [-0.4, -0.2) is 109 Å². The van der Waals surface area contributed by atoms with E-state index >= 15 is 0 Å². The summed E-state index contributed by atoms with van der Waals surface area (Å²) in [7, 11) is 1.80. The van der Waals surface area contributed by atoms with E-state index in [1.807, 2.05) is 57.5 Å². The van der Waals surface area contributed by atoms with E-state index in [1.165, 1.54) is 4.90 Å². The van der Waals surface area contributed by atoms with Crippen molar-refractivity contribution in [2.24, 2.45) is 16.2 Å². The Morgan fingerprint density at radius 2 is 1.63 bits per heavy atom. The van der Waals surface area contributed by atoms with E-state index in [9.17, 15) is 29.5 Å². The van der Waals surface area contributed by atoms with E-state index in [0.717, 1.165) is 34.5 Å². The molecule has 0 bridgehead atoms. The van der Waals surface area contributed by atoms with Gasteiger partial charge in [0.25, 0.3) is 5.91 Å². The highest BCUT2D eigenvalue weighted by atomic mass is 35.5. The lowest BCUT2D eigenvalue weighted by atomic mass is 9.49. The number of aryl methyl sites for hydroxylation is 1. The zero-order valence-electron chi connectivity index (χ0n) is 41.7. The van der Waals surface area contributed by atoms with Crippen LogP contribution in [0.1, 0.15) is 107 Å². The Hall–Kier alpha value is -5.57. The minimum absolute atomic E-state index is 0.0302. The largest absolute Gasteiger partial charge is 0.494 e. The molecule has 3 aromatic carbocycles. The average Bonchev–Trinajstić information content (AvgIpc) is 3.94. The molecule has 2 heterocycles. The van der Waals surface area contributed by atoms with E-state index in [2.05, 4.69) is 60.0 Å². The van der Waals surface area contributed by atoms with Crippen LogP contribution in [0.25, 0.3) is 10.4 Å². The first-order chi connectivity index (χ1) is 33.1. The van der Waals surface area contributed by atoms with Crippen molar-refractivity contribution < 1.29 is 38.5 Å². The lowest BCUT2D eigenvalue weighted by Gasteiger charge is -2.63. The highest BCUT2D eigenvalue weighted by Gasteiger charge is 2.64. The van der Waals surface area contributed by atoms with Crippen LogP contribution in [0.5, 0.6) is 11.5 Å². The molecular weight excluding hydrogens is 930 g/mol. The quantitative estimate of drug-likeness (QED) is 0.0521. The molecule has 1 aliphatic carbocycles. The zero-order chi connectivity index (χ0) is 51.0. The van der Waals surface area contributed by atoms with Crippen LogP contribution in [0, 0.1) is 34.5 Å². The number of aliphatic hydroxyl groups excluding tert-OH is 1. The number of amides is 4. The number of likely N-dealkylation sites (tertiary alicyclic amines) is 1. The number of carbonyl (C=O) groups excluding carboxylic acids is 4. The summed E-state index contributed by atoms with van der Waals surface area (Å²) < 4.78 is 18.0. The predicted molar refractivity (Wildman–Crippen MR) is 271 cm³/mol. The Balaban J connectivity index is 0.903. The second kappa shape index (κ2) is 23.1. The molecule has 2 fully saturated rings. The van der Waals surface area contributed by atoms with E-state index < -0.39 is 52.3 Å². The summed E-state index contributed by atoms with van der Waals surface area (Å²) in [5.41, 5.74) is 4.09. The van der Waals surface area contributed by atoms with Crippen molar-refractivity contribution in [1.82, 2.24) is 31.2 Å². The molecule has 376 valence electrons. The normalized spacial score (nSPS) is 20.1. The Kier molecular flexibility index (Phi) is 17.8. The first-order valence-electron chi connectivity index (χ1n) is 23.9. The number of hydrogen-bond donors (Lipinski definition) is 5. The van der Waals surface area contributed by atoms with E-state index in [1.54, 1.807) is 60.8 Å². The molecule has 0 radical (unpaired) electrons. The summed E-state index contributed by atoms with van der Waals surface area (Å²) >= 11 is 7.81. The van der Waals surface area contributed by atoms with Crippen molar-refractivity contribution in [3.8, 4) is 28.0 Å². The number of aromatic nitrogens is 1. The van der Waals surface area contributed by atoms with Crippen molar-refractivity contribution >= 4 is 46.6 Å². The van der Waals surface area contributed by atoms with Gasteiger partial charge in [0.05, 0.1) is 45.4 Å². The first-order valence-corrected chi connectivity index (χ1v) is 25.1. The van der Waals surface area contributed by atoms with Crippen LogP contribution in [-0.2, 0) is 19.1 Å². The topological polar surface area (TPSA) is 204 Å². The second-order valence-corrected chi connectivity index (χ2v) is 21.8. The third kappa shape index (κ3) is 12.8. The van der Waals surface area contributed by atoms with Crippen LogP contribution < -0.4 is 30.7 Å². The Morgan fingerprint density at radius 1 is 0.957 bits per heavy atom. The lowest BCUT2D eigenvalue weighted by Crippen LogP contribution is -2.74. The van der Waals surface area contributed by atoms with Crippen LogP contribution in [0.4, 0.5) is 0 Å². The Bertz CT molecular complexity index is 2490. The molecule has 70 heavy (non-hydrogen) atoms. The van der Waals surface area contributed by atoms with Gasteiger partial charge in [0.15, 0.2) is 0 Å². The fourth-order valence-corrected chi connectivity index (χ4v) is 10.9. The SMILES string of the molecule is CNC[C@@H](NC(=O)[C@@H]1C[C@@H](O)CN1C(=O)[C@@H](NC(=O)COCCCCCOc1ccc(C(=O)NC2C(C)(C)C(Oc3ccc(C#N)c(Cl)c3)C2(C)C)cc1)C(C)(C)C)c1ccc(-c2scnc2C)cc1. The third-order valence-corrected chi connectivity index (χ3v) is 14.6. The van der Waals surface area contributed by atoms with Crippen LogP contribution in [0.2, 0.25) is 5.02 Å². The number of β-amino-alcohol motifs (C(OH)–C–C–N with tert-alkyl or cyclic N) is 1. The maximum Gasteiger partial charge on any atom is 0.251 e. The second-order valence-electron chi connectivity index (χ2n) is 20.6. The van der Waals surface area contributed by atoms with Gasteiger partial charge in [-0.2, -0.15) is 5.26 Å². The van der Waals surface area contributed by atoms with Crippen LogP contribution in [0.15, 0.2) is 72.2 Å². The number of rotatable bonds is 21. The number of halogens is 1. The average molecular weight is 999 g/mol. The van der Waals surface area contributed by atoms with Crippen molar-refractivity contribution in [2.45, 2.75) is 117 Å². The van der Waals surface area contributed by atoms with Crippen molar-refractivity contribution in [3.63, 3.8) is 0 Å². The number of unbranched alkanes of at least 4 members (excludes halogenated alkanes) is 2. The fourth-order valence-electron chi connectivity index (χ4n) is 9.84. The molecule has 4 atom stereocenters. The summed E-state index contributed by atoms with van der Waals surface area (Å²) in [5, 5.41) is 32.6. The standard InChI is InChI=1S/C53H68ClN7O8S/c1-32-44(70-31-57-32)34-15-13-33(14-16-34)41(28-56-9)58-47(65)42-25-37(62)29-61(42)48(66)45(51(2,3)4)59-43(63)30-67-23-11-10-12-24-68-38-20-17-35(18-21-38)46(64)60-49-52(5,6)50(53(49,7)8)69-39-22-19-36(27-55)40(54)26-39/h13-22,26,31,37,41-42,45,49-50,56,62H,10-12,23-25,28-30H2,1-9H3,(H,58,65)(H,59,63)(H,60,64)/t37-,41-,42+,45-,49?,50?/m1/s1. The predicted octanol–water partition coefficient (Wildman–Crippen LogP) is 7.39. The minimum atomic E-state index is -0.974. The maximum atomic E-state index is 14.2. The van der Waals surface area contributed by atoms with Gasteiger partial charge in [0.1, 0.15) is 42.4 Å². The van der Waals surface area contributed by atoms with E-state index in [4.69, 9.17) is 25.8 Å². The molecule has 4 amide bonds. The highest BCUT2D eigenvalue weighted by Crippen LogP contribution is 2.55. The van der Waals surface area contributed by atoms with E-state index in [-0.39, 0.29) is 43.5 Å². The number of hydrogen-bond acceptors (Lipinski definition) is 12. The molecule has 15 nitrogen and oxygen atoms in total. The van der Waals surface area contributed by atoms with Gasteiger partial charge < -0.3 is 45.5 Å². The summed E-state index contributed by atoms with van der Waals surface area (Å²) in [6, 6.07) is 19.6. The number of thiazole rings is 1. The fraction of sp³-hybridized carbons (Fsp3) is 0.509. The van der Waals surface area contributed by atoms with Gasteiger partial charge in [-0.15, -0.1) is 11.3 Å². The van der Waals surface area contributed by atoms with Gasteiger partial charge in [0, 0.05) is 54.6 Å². The number of nitriles is 1. The van der Waals surface area contributed by atoms with Gasteiger partial charge in [-0.05, 0) is 86.2 Å². The minimum Gasteiger partial charge on any atom is -0.494 e. The molecule has 2 aliphatic rings. The number of nitrogens with one attached hydrogen (secondary N) is 4. The van der Waals surface area contributed by atoms with Crippen LogP contribution in [0.3, 0.4) is 0 Å². The molecule has 0 spiro atoms. The third-order valence-electron chi connectivity index (χ3n) is 13.3. The molecule has 4 aromatic rings. The summed E-state index contributed by atoms with van der Waals surface area (Å²) in [6.07, 6.45) is 1.18. The number of likely N-dealkylation sites (N-methyl/N-ethyl adjacent to an activating group) is 1. The van der Waals surface area contributed by atoms with Crippen molar-refractivity contribution in [1.29, 1.82) is 5.26 Å². The van der Waals surface area contributed by atoms with Crippen molar-refractivity contribution in [3.05, 3.63) is 99.6 Å². The molecule has 1 aromatic heterocycles. The summed E-state index contributed by atoms with van der Waals surface area (Å²) in [6.45, 7) is 16.7. The molecular formula is C53H68ClN7O8S. The van der Waals surface area contributed by atoms with Crippen molar-refractivity contribution in [2.75, 3.05) is 40.0 Å². The number of carbonyl (C=O) groups is 4. The smallest absolute Gasteiger partial charge is 0.251 e. The summed E-state index contributed by atoms with van der Waals surface area (Å²) in [4.78, 5) is 61.4.